The fraction of sp³-hybridized carbons (Fsp3) is 0.333. The van der Waals surface area contributed by atoms with Crippen LogP contribution in [0.1, 0.15) is 18.1 Å². The summed E-state index contributed by atoms with van der Waals surface area (Å²) in [5, 5.41) is 12.2. The zero-order valence-corrected chi connectivity index (χ0v) is 17.4. The number of hydrogen-bond donors (Lipinski definition) is 0. The number of hydrogen-bond acceptors (Lipinski definition) is 6. The van der Waals surface area contributed by atoms with Crippen molar-refractivity contribution in [3.63, 3.8) is 0 Å². The summed E-state index contributed by atoms with van der Waals surface area (Å²) in [5.74, 6) is 1.14. The second kappa shape index (κ2) is 9.34. The Bertz CT molecular complexity index is 1040. The van der Waals surface area contributed by atoms with Gasteiger partial charge in [-0.3, -0.25) is 4.79 Å². The Balaban J connectivity index is 1.70. The number of amides is 1. The Labute approximate surface area is 174 Å². The molecule has 3 aromatic rings. The summed E-state index contributed by atoms with van der Waals surface area (Å²) in [7, 11) is 3.15. The first-order valence-electron chi connectivity index (χ1n) is 9.48. The second-order valence-corrected chi connectivity index (χ2v) is 6.70. The fourth-order valence-corrected chi connectivity index (χ4v) is 3.01. The lowest BCUT2D eigenvalue weighted by Gasteiger charge is -2.21. The normalized spacial score (nSPS) is 10.7. The molecule has 0 saturated carbocycles. The quantitative estimate of drug-likeness (QED) is 0.565. The first-order valence-corrected chi connectivity index (χ1v) is 9.48. The van der Waals surface area contributed by atoms with Crippen molar-refractivity contribution in [3.8, 4) is 22.9 Å². The third-order valence-corrected chi connectivity index (χ3v) is 4.70. The minimum absolute atomic E-state index is 0.0473. The summed E-state index contributed by atoms with van der Waals surface area (Å²) < 4.78 is 24.0. The lowest BCUT2D eigenvalue weighted by atomic mass is 10.1. The van der Waals surface area contributed by atoms with E-state index in [-0.39, 0.29) is 18.3 Å². The van der Waals surface area contributed by atoms with Gasteiger partial charge in [0.1, 0.15) is 12.4 Å². The van der Waals surface area contributed by atoms with Crippen LogP contribution in [0.3, 0.4) is 0 Å². The number of carbonyl (C=O) groups excluding carboxylic acids is 1. The van der Waals surface area contributed by atoms with Crippen LogP contribution in [-0.2, 0) is 17.9 Å². The highest BCUT2D eigenvalue weighted by atomic mass is 19.1. The fourth-order valence-electron chi connectivity index (χ4n) is 3.01. The number of benzene rings is 2. The molecule has 158 valence electrons. The summed E-state index contributed by atoms with van der Waals surface area (Å²) >= 11 is 0. The second-order valence-electron chi connectivity index (χ2n) is 6.70. The Morgan fingerprint density at radius 3 is 2.57 bits per heavy atom. The van der Waals surface area contributed by atoms with Gasteiger partial charge < -0.3 is 14.4 Å². The van der Waals surface area contributed by atoms with Crippen molar-refractivity contribution in [2.45, 2.75) is 26.9 Å². The lowest BCUT2D eigenvalue weighted by molar-refractivity contribution is -0.132. The van der Waals surface area contributed by atoms with Crippen LogP contribution in [0.5, 0.6) is 11.5 Å². The van der Waals surface area contributed by atoms with Gasteiger partial charge in [0.2, 0.25) is 11.7 Å². The monoisotopic (exact) mass is 413 g/mol. The van der Waals surface area contributed by atoms with Crippen molar-refractivity contribution in [2.24, 2.45) is 0 Å². The molecule has 1 amide bonds. The van der Waals surface area contributed by atoms with Crippen LogP contribution in [0.25, 0.3) is 11.4 Å². The van der Waals surface area contributed by atoms with E-state index in [1.807, 2.05) is 25.1 Å². The largest absolute Gasteiger partial charge is 0.493 e. The molecular formula is C21H24FN5O3. The molecule has 0 aliphatic heterocycles. The molecule has 0 aliphatic rings. The minimum atomic E-state index is -0.296. The van der Waals surface area contributed by atoms with Crippen LogP contribution in [-0.4, -0.2) is 51.8 Å². The topological polar surface area (TPSA) is 82.4 Å². The third kappa shape index (κ3) is 4.73. The van der Waals surface area contributed by atoms with Crippen molar-refractivity contribution >= 4 is 5.91 Å². The maximum absolute atomic E-state index is 13.5. The van der Waals surface area contributed by atoms with Gasteiger partial charge in [-0.25, -0.2) is 4.39 Å². The number of carbonyl (C=O) groups is 1. The summed E-state index contributed by atoms with van der Waals surface area (Å²) in [6.07, 6.45) is 0. The van der Waals surface area contributed by atoms with Crippen molar-refractivity contribution in [3.05, 3.63) is 53.3 Å². The van der Waals surface area contributed by atoms with E-state index in [1.165, 1.54) is 10.9 Å². The Morgan fingerprint density at radius 1 is 1.13 bits per heavy atom. The molecule has 0 aliphatic carbocycles. The van der Waals surface area contributed by atoms with Gasteiger partial charge in [0.15, 0.2) is 11.5 Å². The number of tetrazole rings is 1. The zero-order valence-electron chi connectivity index (χ0n) is 17.4. The van der Waals surface area contributed by atoms with Gasteiger partial charge in [-0.1, -0.05) is 6.07 Å². The van der Waals surface area contributed by atoms with Crippen LogP contribution in [0.4, 0.5) is 4.39 Å². The van der Waals surface area contributed by atoms with Crippen LogP contribution in [0, 0.1) is 12.7 Å². The molecule has 3 rings (SSSR count). The van der Waals surface area contributed by atoms with Crippen LogP contribution in [0.2, 0.25) is 0 Å². The van der Waals surface area contributed by atoms with Crippen LogP contribution in [0.15, 0.2) is 36.4 Å². The van der Waals surface area contributed by atoms with Crippen molar-refractivity contribution in [1.82, 2.24) is 25.1 Å². The number of methoxy groups -OCH3 is 2. The summed E-state index contributed by atoms with van der Waals surface area (Å²) in [6.45, 7) is 4.45. The first kappa shape index (κ1) is 21.2. The molecule has 0 saturated heterocycles. The standard InChI is InChI=1S/C21H24FN5O3/c1-5-26(12-15-6-9-18(29-3)19(11-15)30-4)20(28)13-27-24-21(23-25-27)16-7-8-17(22)14(2)10-16/h6-11H,5,12-13H2,1-4H3. The molecule has 0 radical (unpaired) electrons. The van der Waals surface area contributed by atoms with Gasteiger partial charge in [0, 0.05) is 18.7 Å². The van der Waals surface area contributed by atoms with E-state index in [0.717, 1.165) is 5.56 Å². The average Bonchev–Trinajstić information content (AvgIpc) is 3.22. The minimum Gasteiger partial charge on any atom is -0.493 e. The molecule has 2 aromatic carbocycles. The molecule has 0 spiro atoms. The third-order valence-electron chi connectivity index (χ3n) is 4.70. The van der Waals surface area contributed by atoms with E-state index in [2.05, 4.69) is 15.4 Å². The summed E-state index contributed by atoms with van der Waals surface area (Å²) in [6, 6.07) is 10.1. The van der Waals surface area contributed by atoms with Gasteiger partial charge in [-0.15, -0.1) is 10.2 Å². The number of aromatic nitrogens is 4. The molecular weight excluding hydrogens is 389 g/mol. The van der Waals surface area contributed by atoms with E-state index in [4.69, 9.17) is 9.47 Å². The zero-order chi connectivity index (χ0) is 21.7. The SMILES string of the molecule is CCN(Cc1ccc(OC)c(OC)c1)C(=O)Cn1nnc(-c2ccc(F)c(C)c2)n1. The lowest BCUT2D eigenvalue weighted by Crippen LogP contribution is -2.33. The average molecular weight is 413 g/mol. The molecule has 0 bridgehead atoms. The highest BCUT2D eigenvalue weighted by Crippen LogP contribution is 2.28. The van der Waals surface area contributed by atoms with E-state index in [1.54, 1.807) is 38.2 Å². The number of nitrogens with zero attached hydrogens (tertiary/aromatic N) is 5. The van der Waals surface area contributed by atoms with Gasteiger partial charge in [-0.05, 0) is 60.5 Å². The van der Waals surface area contributed by atoms with E-state index in [0.29, 0.717) is 41.5 Å². The molecule has 30 heavy (non-hydrogen) atoms. The van der Waals surface area contributed by atoms with Gasteiger partial charge in [-0.2, -0.15) is 4.80 Å². The number of likely N-dealkylation sites (N-methyl/N-ethyl adjacent to an activating group) is 1. The number of rotatable bonds is 8. The molecule has 0 atom stereocenters. The highest BCUT2D eigenvalue weighted by molar-refractivity contribution is 5.75. The summed E-state index contributed by atoms with van der Waals surface area (Å²) in [4.78, 5) is 15.7. The predicted molar refractivity (Wildman–Crippen MR) is 109 cm³/mol. The Morgan fingerprint density at radius 2 is 1.90 bits per heavy atom. The summed E-state index contributed by atoms with van der Waals surface area (Å²) in [5.41, 5.74) is 2.05. The molecule has 0 fully saturated rings. The molecule has 0 unspecified atom stereocenters. The van der Waals surface area contributed by atoms with Crippen molar-refractivity contribution < 1.29 is 18.7 Å². The molecule has 1 aromatic heterocycles. The Hall–Kier alpha value is -3.49. The van der Waals surface area contributed by atoms with Gasteiger partial charge in [0.05, 0.1) is 14.2 Å². The van der Waals surface area contributed by atoms with E-state index >= 15 is 0 Å². The number of ether oxygens (including phenoxy) is 2. The Kier molecular flexibility index (Phi) is 6.61. The van der Waals surface area contributed by atoms with E-state index in [9.17, 15) is 9.18 Å². The van der Waals surface area contributed by atoms with Crippen LogP contribution >= 0.6 is 0 Å². The van der Waals surface area contributed by atoms with Crippen LogP contribution < -0.4 is 9.47 Å². The molecule has 8 nitrogen and oxygen atoms in total. The number of halogens is 1. The highest BCUT2D eigenvalue weighted by Gasteiger charge is 2.17. The maximum Gasteiger partial charge on any atom is 0.246 e. The van der Waals surface area contributed by atoms with Gasteiger partial charge >= 0.3 is 0 Å². The molecule has 1 heterocycles. The molecule has 0 N–H and O–H groups in total. The van der Waals surface area contributed by atoms with E-state index < -0.39 is 0 Å². The number of aryl methyl sites for hydroxylation is 1. The van der Waals surface area contributed by atoms with Crippen molar-refractivity contribution in [1.29, 1.82) is 0 Å². The molecule has 9 heteroatoms. The van der Waals surface area contributed by atoms with Crippen molar-refractivity contribution in [2.75, 3.05) is 20.8 Å². The predicted octanol–water partition coefficient (Wildman–Crippen LogP) is 2.85. The smallest absolute Gasteiger partial charge is 0.246 e. The maximum atomic E-state index is 13.5. The van der Waals surface area contributed by atoms with Gasteiger partial charge in [0.25, 0.3) is 0 Å². The first-order chi connectivity index (χ1) is 14.4.